The first kappa shape index (κ1) is 20.2. The number of nitrogens with zero attached hydrogens (tertiary/aromatic N) is 2. The molecule has 1 atom stereocenters. The molecule has 0 radical (unpaired) electrons. The van der Waals surface area contributed by atoms with E-state index in [9.17, 15) is 18.4 Å². The third-order valence-electron chi connectivity index (χ3n) is 4.13. The van der Waals surface area contributed by atoms with Crippen LogP contribution in [0.3, 0.4) is 0 Å². The number of hydrogen-bond donors (Lipinski definition) is 1. The van der Waals surface area contributed by atoms with Crippen LogP contribution in [-0.4, -0.2) is 21.8 Å². The van der Waals surface area contributed by atoms with E-state index in [0.717, 1.165) is 4.68 Å². The lowest BCUT2D eigenvalue weighted by atomic mass is 10.2. The minimum Gasteiger partial charge on any atom is -0.463 e. The van der Waals surface area contributed by atoms with Gasteiger partial charge in [0.05, 0.1) is 5.69 Å². The molecular weight excluding hydrogens is 380 g/mol. The third-order valence-corrected chi connectivity index (χ3v) is 4.13. The standard InChI is InChI=1S/C21H19F2N3O3/c1-2-18(21(28)24-13-14-4-3-5-16(23)12-14)29-19-10-11-20(27)26(25-19)17-8-6-15(22)7-9-17/h3-12,18H,2,13H2,1H3,(H,24,28)/t18-/m1/s1. The van der Waals surface area contributed by atoms with Crippen molar-refractivity contribution in [1.82, 2.24) is 15.1 Å². The molecule has 2 aromatic carbocycles. The zero-order chi connectivity index (χ0) is 20.8. The van der Waals surface area contributed by atoms with Crippen LogP contribution in [0.2, 0.25) is 0 Å². The number of halogens is 2. The minimum absolute atomic E-state index is 0.0710. The third kappa shape index (κ3) is 5.25. The summed E-state index contributed by atoms with van der Waals surface area (Å²) in [5.74, 6) is -1.14. The molecule has 0 fully saturated rings. The van der Waals surface area contributed by atoms with Gasteiger partial charge < -0.3 is 10.1 Å². The summed E-state index contributed by atoms with van der Waals surface area (Å²) in [5.41, 5.74) is 0.564. The van der Waals surface area contributed by atoms with Crippen LogP contribution in [0.25, 0.3) is 5.69 Å². The van der Waals surface area contributed by atoms with E-state index in [-0.39, 0.29) is 18.2 Å². The molecule has 29 heavy (non-hydrogen) atoms. The molecule has 0 aliphatic carbocycles. The summed E-state index contributed by atoms with van der Waals surface area (Å²) >= 11 is 0. The van der Waals surface area contributed by atoms with E-state index in [0.29, 0.717) is 17.7 Å². The molecule has 1 heterocycles. The SMILES string of the molecule is CC[C@@H](Oc1ccc(=O)n(-c2ccc(F)cc2)n1)C(=O)NCc1cccc(F)c1. The number of benzene rings is 2. The summed E-state index contributed by atoms with van der Waals surface area (Å²) in [7, 11) is 0. The van der Waals surface area contributed by atoms with Gasteiger partial charge in [-0.05, 0) is 48.4 Å². The quantitative estimate of drug-likeness (QED) is 0.663. The van der Waals surface area contributed by atoms with Crippen LogP contribution in [0.15, 0.2) is 65.5 Å². The number of carbonyl (C=O) groups is 1. The van der Waals surface area contributed by atoms with Crippen LogP contribution < -0.4 is 15.6 Å². The normalized spacial score (nSPS) is 11.7. The Balaban J connectivity index is 1.71. The lowest BCUT2D eigenvalue weighted by Crippen LogP contribution is -2.38. The predicted molar refractivity (Wildman–Crippen MR) is 103 cm³/mol. The van der Waals surface area contributed by atoms with Crippen molar-refractivity contribution >= 4 is 5.91 Å². The van der Waals surface area contributed by atoms with E-state index >= 15 is 0 Å². The molecule has 3 aromatic rings. The highest BCUT2D eigenvalue weighted by Crippen LogP contribution is 2.12. The lowest BCUT2D eigenvalue weighted by molar-refractivity contribution is -0.128. The smallest absolute Gasteiger partial charge is 0.271 e. The second-order valence-electron chi connectivity index (χ2n) is 6.26. The molecular formula is C21H19F2N3O3. The molecule has 0 unspecified atom stereocenters. The van der Waals surface area contributed by atoms with Gasteiger partial charge >= 0.3 is 0 Å². The molecule has 0 spiro atoms. The van der Waals surface area contributed by atoms with Crippen molar-refractivity contribution < 1.29 is 18.3 Å². The molecule has 0 bridgehead atoms. The Kier molecular flexibility index (Phi) is 6.33. The summed E-state index contributed by atoms with van der Waals surface area (Å²) in [6, 6.07) is 13.8. The van der Waals surface area contributed by atoms with Crippen LogP contribution in [0.5, 0.6) is 5.88 Å². The van der Waals surface area contributed by atoms with E-state index < -0.39 is 23.4 Å². The van der Waals surface area contributed by atoms with Crippen LogP contribution in [0.1, 0.15) is 18.9 Å². The molecule has 0 saturated heterocycles. The fourth-order valence-corrected chi connectivity index (χ4v) is 2.64. The minimum atomic E-state index is -0.852. The molecule has 150 valence electrons. The molecule has 1 N–H and O–H groups in total. The lowest BCUT2D eigenvalue weighted by Gasteiger charge is -2.17. The molecule has 3 rings (SSSR count). The van der Waals surface area contributed by atoms with E-state index in [1.165, 1.54) is 48.5 Å². The number of nitrogens with one attached hydrogen (secondary N) is 1. The Morgan fingerprint density at radius 2 is 1.86 bits per heavy atom. The van der Waals surface area contributed by atoms with E-state index in [1.807, 2.05) is 0 Å². The zero-order valence-electron chi connectivity index (χ0n) is 15.6. The fraction of sp³-hybridized carbons (Fsp3) is 0.190. The van der Waals surface area contributed by atoms with Gasteiger partial charge in [0.2, 0.25) is 5.88 Å². The van der Waals surface area contributed by atoms with E-state index in [2.05, 4.69) is 10.4 Å². The van der Waals surface area contributed by atoms with Crippen molar-refractivity contribution in [2.24, 2.45) is 0 Å². The average molecular weight is 399 g/mol. The second-order valence-corrected chi connectivity index (χ2v) is 6.26. The molecule has 8 heteroatoms. The van der Waals surface area contributed by atoms with Gasteiger partial charge in [0.1, 0.15) is 11.6 Å². The maximum absolute atomic E-state index is 13.2. The summed E-state index contributed by atoms with van der Waals surface area (Å²) in [6.45, 7) is 1.92. The van der Waals surface area contributed by atoms with Gasteiger partial charge in [-0.25, -0.2) is 8.78 Å². The Labute approximate surface area is 165 Å². The highest BCUT2D eigenvalue weighted by atomic mass is 19.1. The summed E-state index contributed by atoms with van der Waals surface area (Å²) in [6.07, 6.45) is -0.498. The highest BCUT2D eigenvalue weighted by molar-refractivity contribution is 5.81. The molecule has 0 saturated carbocycles. The number of carbonyl (C=O) groups excluding carboxylic acids is 1. The largest absolute Gasteiger partial charge is 0.463 e. The van der Waals surface area contributed by atoms with Crippen molar-refractivity contribution in [3.8, 4) is 11.6 Å². The van der Waals surface area contributed by atoms with Gasteiger partial charge in [0.25, 0.3) is 11.5 Å². The van der Waals surface area contributed by atoms with Crippen molar-refractivity contribution in [2.75, 3.05) is 0 Å². The number of hydrogen-bond acceptors (Lipinski definition) is 4. The molecule has 0 aliphatic rings. The van der Waals surface area contributed by atoms with Crippen LogP contribution in [-0.2, 0) is 11.3 Å². The highest BCUT2D eigenvalue weighted by Gasteiger charge is 2.19. The van der Waals surface area contributed by atoms with Gasteiger partial charge in [-0.3, -0.25) is 9.59 Å². The Hall–Kier alpha value is -3.55. The van der Waals surface area contributed by atoms with Crippen molar-refractivity contribution in [3.63, 3.8) is 0 Å². The number of aromatic nitrogens is 2. The van der Waals surface area contributed by atoms with Crippen LogP contribution >= 0.6 is 0 Å². The first-order valence-electron chi connectivity index (χ1n) is 9.01. The number of ether oxygens (including phenoxy) is 1. The Morgan fingerprint density at radius 1 is 1.10 bits per heavy atom. The first-order valence-corrected chi connectivity index (χ1v) is 9.01. The topological polar surface area (TPSA) is 73.2 Å². The second kappa shape index (κ2) is 9.09. The fourth-order valence-electron chi connectivity index (χ4n) is 2.64. The molecule has 1 aromatic heterocycles. The van der Waals surface area contributed by atoms with Crippen molar-refractivity contribution in [1.29, 1.82) is 0 Å². The van der Waals surface area contributed by atoms with Crippen molar-refractivity contribution in [3.05, 3.63) is 88.2 Å². The maximum atomic E-state index is 13.2. The van der Waals surface area contributed by atoms with E-state index in [1.54, 1.807) is 19.1 Å². The number of amides is 1. The van der Waals surface area contributed by atoms with Gasteiger partial charge in [-0.1, -0.05) is 19.1 Å². The maximum Gasteiger partial charge on any atom is 0.271 e. The van der Waals surface area contributed by atoms with Crippen LogP contribution in [0.4, 0.5) is 8.78 Å². The summed E-state index contributed by atoms with van der Waals surface area (Å²) < 4.78 is 33.1. The summed E-state index contributed by atoms with van der Waals surface area (Å²) in [4.78, 5) is 24.5. The summed E-state index contributed by atoms with van der Waals surface area (Å²) in [5, 5.41) is 6.79. The van der Waals surface area contributed by atoms with E-state index in [4.69, 9.17) is 4.74 Å². The Bertz CT molecular complexity index is 1050. The molecule has 1 amide bonds. The van der Waals surface area contributed by atoms with Gasteiger partial charge in [0, 0.05) is 18.7 Å². The zero-order valence-corrected chi connectivity index (χ0v) is 15.6. The Morgan fingerprint density at radius 3 is 2.55 bits per heavy atom. The van der Waals surface area contributed by atoms with Crippen LogP contribution in [0, 0.1) is 11.6 Å². The molecule has 6 nitrogen and oxygen atoms in total. The number of rotatable bonds is 7. The van der Waals surface area contributed by atoms with Crippen molar-refractivity contribution in [2.45, 2.75) is 26.0 Å². The van der Waals surface area contributed by atoms with Gasteiger partial charge in [0.15, 0.2) is 6.10 Å². The van der Waals surface area contributed by atoms with Gasteiger partial charge in [-0.15, -0.1) is 5.10 Å². The van der Waals surface area contributed by atoms with Gasteiger partial charge in [-0.2, -0.15) is 4.68 Å². The predicted octanol–water partition coefficient (Wildman–Crippen LogP) is 2.98. The molecule has 0 aliphatic heterocycles. The first-order chi connectivity index (χ1) is 14.0. The monoisotopic (exact) mass is 399 g/mol. The average Bonchev–Trinajstić information content (AvgIpc) is 2.72.